The Labute approximate surface area is 417 Å². The maximum atomic E-state index is 14.0. The highest BCUT2D eigenvalue weighted by atomic mass is 32.1. The van der Waals surface area contributed by atoms with Crippen molar-refractivity contribution in [3.05, 3.63) is 111 Å². The van der Waals surface area contributed by atoms with Crippen LogP contribution in [0.2, 0.25) is 0 Å². The van der Waals surface area contributed by atoms with Crippen LogP contribution in [0, 0.1) is 12.3 Å². The van der Waals surface area contributed by atoms with E-state index in [2.05, 4.69) is 31.4 Å². The van der Waals surface area contributed by atoms with Crippen molar-refractivity contribution in [1.29, 1.82) is 0 Å². The molecule has 0 radical (unpaired) electrons. The summed E-state index contributed by atoms with van der Waals surface area (Å²) in [5.41, 5.74) is 7.08. The van der Waals surface area contributed by atoms with E-state index in [1.54, 1.807) is 37.6 Å². The number of carbonyl (C=O) groups excluding carboxylic acids is 6. The highest BCUT2D eigenvalue weighted by Crippen LogP contribution is 2.34. The Morgan fingerprint density at radius 1 is 0.901 bits per heavy atom. The number of unbranched alkanes of at least 4 members (excludes halogenated alkanes) is 4. The van der Waals surface area contributed by atoms with Crippen LogP contribution in [0.5, 0.6) is 5.75 Å². The quantitative estimate of drug-likeness (QED) is 0.0490. The number of aliphatic hydroxyl groups is 1. The largest absolute Gasteiger partial charge is 0.507 e. The van der Waals surface area contributed by atoms with Crippen molar-refractivity contribution < 1.29 is 43.5 Å². The molecule has 1 fully saturated rings. The monoisotopic (exact) mass is 988 g/mol. The van der Waals surface area contributed by atoms with Crippen LogP contribution in [-0.4, -0.2) is 111 Å². The molecule has 17 nitrogen and oxygen atoms in total. The van der Waals surface area contributed by atoms with Gasteiger partial charge in [-0.25, -0.2) is 4.98 Å². The minimum absolute atomic E-state index is 0.000448. The molecule has 2 aromatic heterocycles. The van der Waals surface area contributed by atoms with Crippen molar-refractivity contribution in [3.8, 4) is 27.5 Å². The number of hydrogen-bond donors (Lipinski definition) is 6. The van der Waals surface area contributed by atoms with Gasteiger partial charge in [-0.2, -0.15) is 0 Å². The van der Waals surface area contributed by atoms with Crippen molar-refractivity contribution in [3.63, 3.8) is 0 Å². The number of β-amino-alcohol motifs (C(OH)–C–C–N with tert-alkyl or cyclic N) is 1. The molecule has 3 heterocycles. The summed E-state index contributed by atoms with van der Waals surface area (Å²) in [6.45, 7) is 8.28. The topological polar surface area (TPSA) is 236 Å². The number of hydrogen-bond acceptors (Lipinski definition) is 12. The zero-order valence-corrected chi connectivity index (χ0v) is 42.0. The lowest BCUT2D eigenvalue weighted by Gasteiger charge is -2.35. The Bertz CT molecular complexity index is 2740. The van der Waals surface area contributed by atoms with Gasteiger partial charge in [-0.05, 0) is 84.5 Å². The Hall–Kier alpha value is -6.92. The molecule has 7 rings (SSSR count). The minimum Gasteiger partial charge on any atom is -0.507 e. The number of phenolic OH excluding ortho intramolecular Hbond substituents is 1. The second kappa shape index (κ2) is 22.9. The first-order chi connectivity index (χ1) is 33.9. The highest BCUT2D eigenvalue weighted by Gasteiger charge is 2.44. The smallest absolute Gasteiger partial charge is 0.273 e. The molecule has 1 aliphatic heterocycles. The molecule has 0 saturated carbocycles. The van der Waals surface area contributed by atoms with Gasteiger partial charge in [0, 0.05) is 63.8 Å². The summed E-state index contributed by atoms with van der Waals surface area (Å²) in [5, 5.41) is 36.8. The summed E-state index contributed by atoms with van der Waals surface area (Å²) in [5.74, 6) is -2.01. The maximum Gasteiger partial charge on any atom is 0.273 e. The summed E-state index contributed by atoms with van der Waals surface area (Å²) in [6, 6.07) is 17.2. The van der Waals surface area contributed by atoms with Crippen LogP contribution in [-0.2, 0) is 27.3 Å². The minimum atomic E-state index is -0.901. The standard InChI is InChI=1S/C53H64N8O9S/c1-31-46(71-30-56-31)34-15-13-32(14-16-34)28-55-50(67)42-26-37(62)29-61(42)52(69)47(53(2,3)4)58-45(64)12-10-8-7-9-11-23-54-48(65)36-18-17-33-20-22-40(39(33)24-36)57-49(66)41-27-44(70-59-41)35-19-21-38(43(63)25-35)51(68)60(5)6/h13-19,21,24-25,27,30,37,40,42,47,62-63H,7-12,20,22-23,26,28-29H2,1-6H3,(H,54,65)(H,55,67)(H,57,66)(H,58,64)/t37-,40-,42+,47-/m1/s1. The number of aryl methyl sites for hydroxylation is 2. The van der Waals surface area contributed by atoms with Crippen molar-refractivity contribution in [2.24, 2.45) is 5.41 Å². The molecule has 6 amide bonds. The maximum absolute atomic E-state index is 14.0. The summed E-state index contributed by atoms with van der Waals surface area (Å²) >= 11 is 1.57. The second-order valence-electron chi connectivity index (χ2n) is 19.7. The van der Waals surface area contributed by atoms with Gasteiger partial charge in [0.1, 0.15) is 17.8 Å². The molecular weight excluding hydrogens is 925 g/mol. The molecule has 0 spiro atoms. The zero-order valence-electron chi connectivity index (χ0n) is 41.2. The predicted molar refractivity (Wildman–Crippen MR) is 268 cm³/mol. The Morgan fingerprint density at radius 3 is 2.34 bits per heavy atom. The van der Waals surface area contributed by atoms with E-state index in [-0.39, 0.29) is 78.4 Å². The molecule has 0 bridgehead atoms. The van der Waals surface area contributed by atoms with E-state index in [0.29, 0.717) is 30.5 Å². The molecule has 2 aliphatic rings. The number of phenols is 1. The van der Waals surface area contributed by atoms with E-state index in [1.165, 1.54) is 28.0 Å². The van der Waals surface area contributed by atoms with Gasteiger partial charge in [-0.1, -0.05) is 81.6 Å². The summed E-state index contributed by atoms with van der Waals surface area (Å²) < 4.78 is 5.41. The molecule has 6 N–H and O–H groups in total. The average molecular weight is 989 g/mol. The van der Waals surface area contributed by atoms with Crippen LogP contribution in [0.15, 0.2) is 76.8 Å². The van der Waals surface area contributed by atoms with E-state index in [1.807, 2.05) is 69.6 Å². The highest BCUT2D eigenvalue weighted by molar-refractivity contribution is 7.13. The molecule has 376 valence electrons. The Kier molecular flexibility index (Phi) is 16.7. The first-order valence-electron chi connectivity index (χ1n) is 24.2. The summed E-state index contributed by atoms with van der Waals surface area (Å²) in [6.07, 6.45) is 4.70. The van der Waals surface area contributed by atoms with Gasteiger partial charge in [0.2, 0.25) is 17.7 Å². The number of benzene rings is 3. The normalized spacial score (nSPS) is 16.8. The summed E-state index contributed by atoms with van der Waals surface area (Å²) in [4.78, 5) is 87.6. The molecule has 0 unspecified atom stereocenters. The van der Waals surface area contributed by atoms with Crippen LogP contribution >= 0.6 is 11.3 Å². The van der Waals surface area contributed by atoms with Crippen molar-refractivity contribution >= 4 is 46.8 Å². The van der Waals surface area contributed by atoms with Gasteiger partial charge in [-0.3, -0.25) is 28.8 Å². The first-order valence-corrected chi connectivity index (χ1v) is 25.0. The molecule has 18 heteroatoms. The zero-order chi connectivity index (χ0) is 51.0. The molecule has 71 heavy (non-hydrogen) atoms. The third-order valence-corrected chi connectivity index (χ3v) is 14.0. The predicted octanol–water partition coefficient (Wildman–Crippen LogP) is 6.48. The van der Waals surface area contributed by atoms with Gasteiger partial charge in [0.25, 0.3) is 17.7 Å². The first kappa shape index (κ1) is 51.9. The fourth-order valence-electron chi connectivity index (χ4n) is 9.01. The van der Waals surface area contributed by atoms with Gasteiger partial charge in [0.05, 0.1) is 33.8 Å². The van der Waals surface area contributed by atoms with Crippen LogP contribution < -0.4 is 21.3 Å². The lowest BCUT2D eigenvalue weighted by atomic mass is 9.85. The van der Waals surface area contributed by atoms with E-state index in [0.717, 1.165) is 64.9 Å². The number of fused-ring (bicyclic) bond motifs is 1. The van der Waals surface area contributed by atoms with E-state index in [9.17, 15) is 39.0 Å². The number of aromatic hydroxyl groups is 1. The number of nitrogens with one attached hydrogen (secondary N) is 4. The Morgan fingerprint density at radius 2 is 1.63 bits per heavy atom. The number of nitrogens with zero attached hydrogens (tertiary/aromatic N) is 4. The van der Waals surface area contributed by atoms with E-state index >= 15 is 0 Å². The van der Waals surface area contributed by atoms with Crippen LogP contribution in [0.25, 0.3) is 21.8 Å². The van der Waals surface area contributed by atoms with Crippen molar-refractivity contribution in [2.75, 3.05) is 27.2 Å². The lowest BCUT2D eigenvalue weighted by Crippen LogP contribution is -2.57. The number of thiazole rings is 1. The number of rotatable bonds is 19. The molecular formula is C53H64N8O9S. The SMILES string of the molecule is Cc1ncsc1-c1ccc(CNC(=O)[C@@H]2C[C@@H](O)CN2C(=O)[C@@H](NC(=O)CCCCCCCNC(=O)c2ccc3c(c2)[C@H](NC(=O)c2cc(-c4ccc(C(=O)N(C)C)c(O)c4)on2)CC3)C(C)(C)C)cc1. The van der Waals surface area contributed by atoms with Gasteiger partial charge >= 0.3 is 0 Å². The molecule has 1 aliphatic carbocycles. The number of carbonyl (C=O) groups is 6. The van der Waals surface area contributed by atoms with E-state index < -0.39 is 35.4 Å². The lowest BCUT2D eigenvalue weighted by molar-refractivity contribution is -0.144. The fraction of sp³-hybridized carbons (Fsp3) is 0.434. The number of amides is 6. The molecule has 4 atom stereocenters. The third-order valence-electron chi connectivity index (χ3n) is 13.0. The second-order valence-corrected chi connectivity index (χ2v) is 20.6. The van der Waals surface area contributed by atoms with Crippen molar-refractivity contribution in [2.45, 2.75) is 116 Å². The Balaban J connectivity index is 0.809. The molecule has 5 aromatic rings. The number of likely N-dealkylation sites (tertiary alicyclic amines) is 1. The fourth-order valence-corrected chi connectivity index (χ4v) is 9.82. The van der Waals surface area contributed by atoms with Crippen molar-refractivity contribution in [1.82, 2.24) is 41.2 Å². The third kappa shape index (κ3) is 12.9. The number of aliphatic hydroxyl groups excluding tert-OH is 1. The van der Waals surface area contributed by atoms with Crippen LogP contribution in [0.4, 0.5) is 0 Å². The van der Waals surface area contributed by atoms with Gasteiger partial charge in [0.15, 0.2) is 11.5 Å². The summed E-state index contributed by atoms with van der Waals surface area (Å²) in [7, 11) is 3.18. The number of aromatic nitrogens is 2. The molecule has 1 saturated heterocycles. The van der Waals surface area contributed by atoms with Crippen LogP contribution in [0.3, 0.4) is 0 Å². The van der Waals surface area contributed by atoms with Gasteiger partial charge < -0.3 is 45.8 Å². The van der Waals surface area contributed by atoms with Crippen LogP contribution in [0.1, 0.15) is 132 Å². The molecule has 3 aromatic carbocycles. The van der Waals surface area contributed by atoms with Gasteiger partial charge in [-0.15, -0.1) is 11.3 Å². The van der Waals surface area contributed by atoms with E-state index in [4.69, 9.17) is 4.52 Å². The average Bonchev–Trinajstić information content (AvgIpc) is 4.17.